The average molecular weight is 364 g/mol. The zero-order chi connectivity index (χ0) is 16.2. The molecule has 0 aromatic heterocycles. The molecule has 0 aliphatic heterocycles. The van der Waals surface area contributed by atoms with Crippen LogP contribution in [0.3, 0.4) is 0 Å². The van der Waals surface area contributed by atoms with E-state index in [1.807, 2.05) is 0 Å². The van der Waals surface area contributed by atoms with Crippen LogP contribution < -0.4 is 9.46 Å². The van der Waals surface area contributed by atoms with E-state index in [1.165, 1.54) is 42.5 Å². The lowest BCUT2D eigenvalue weighted by atomic mass is 10.3. The summed E-state index contributed by atoms with van der Waals surface area (Å²) in [7, 11) is -3.59. The van der Waals surface area contributed by atoms with E-state index in [4.69, 9.17) is 27.9 Å². The predicted molar refractivity (Wildman–Crippen MR) is 85.8 cm³/mol. The van der Waals surface area contributed by atoms with Crippen LogP contribution in [0.4, 0.5) is 10.1 Å². The predicted octanol–water partition coefficient (Wildman–Crippen LogP) is 3.95. The van der Waals surface area contributed by atoms with Crippen molar-refractivity contribution in [1.82, 2.24) is 0 Å². The van der Waals surface area contributed by atoms with Gasteiger partial charge in [-0.3, -0.25) is 4.72 Å². The molecule has 2 rings (SSSR count). The molecule has 0 saturated heterocycles. The zero-order valence-electron chi connectivity index (χ0n) is 11.2. The van der Waals surface area contributed by atoms with E-state index in [0.717, 1.165) is 0 Å². The number of halogens is 3. The number of hydrogen-bond acceptors (Lipinski definition) is 3. The van der Waals surface area contributed by atoms with E-state index in [9.17, 15) is 12.8 Å². The number of nitrogens with one attached hydrogen (secondary N) is 1. The number of ether oxygens (including phenoxy) is 1. The largest absolute Gasteiger partial charge is 0.492 e. The Bertz CT molecular complexity index is 751. The highest BCUT2D eigenvalue weighted by atomic mass is 35.5. The number of sulfonamides is 1. The third kappa shape index (κ3) is 5.05. The fourth-order valence-corrected chi connectivity index (χ4v) is 2.78. The minimum atomic E-state index is -3.59. The van der Waals surface area contributed by atoms with Crippen LogP contribution in [0.1, 0.15) is 0 Å². The van der Waals surface area contributed by atoms with Crippen molar-refractivity contribution in [3.8, 4) is 5.75 Å². The molecule has 0 fully saturated rings. The van der Waals surface area contributed by atoms with E-state index in [1.54, 1.807) is 0 Å². The van der Waals surface area contributed by atoms with Crippen LogP contribution in [0.15, 0.2) is 42.5 Å². The highest BCUT2D eigenvalue weighted by molar-refractivity contribution is 7.92. The van der Waals surface area contributed by atoms with Crippen molar-refractivity contribution in [1.29, 1.82) is 0 Å². The van der Waals surface area contributed by atoms with Gasteiger partial charge < -0.3 is 4.74 Å². The second-order valence-electron chi connectivity index (χ2n) is 4.35. The molecule has 0 saturated carbocycles. The Morgan fingerprint density at radius 3 is 2.36 bits per heavy atom. The summed E-state index contributed by atoms with van der Waals surface area (Å²) in [6.45, 7) is -0.0672. The Morgan fingerprint density at radius 1 is 1.05 bits per heavy atom. The summed E-state index contributed by atoms with van der Waals surface area (Å²) in [6, 6.07) is 9.74. The maximum atomic E-state index is 12.7. The number of benzene rings is 2. The number of hydrogen-bond donors (Lipinski definition) is 1. The molecule has 0 spiro atoms. The van der Waals surface area contributed by atoms with E-state index in [0.29, 0.717) is 16.5 Å². The van der Waals surface area contributed by atoms with Crippen LogP contribution in [0.5, 0.6) is 5.75 Å². The quantitative estimate of drug-likeness (QED) is 0.844. The van der Waals surface area contributed by atoms with Gasteiger partial charge in [0.1, 0.15) is 23.9 Å². The molecule has 0 bridgehead atoms. The summed E-state index contributed by atoms with van der Waals surface area (Å²) in [6.07, 6.45) is 0. The van der Waals surface area contributed by atoms with Crippen molar-refractivity contribution in [2.75, 3.05) is 17.1 Å². The molecule has 0 radical (unpaired) electrons. The van der Waals surface area contributed by atoms with Crippen molar-refractivity contribution >= 4 is 38.9 Å². The molecule has 0 unspecified atom stereocenters. The van der Waals surface area contributed by atoms with Gasteiger partial charge in [0.15, 0.2) is 0 Å². The smallest absolute Gasteiger partial charge is 0.236 e. The Morgan fingerprint density at radius 2 is 1.73 bits per heavy atom. The molecule has 0 heterocycles. The van der Waals surface area contributed by atoms with Gasteiger partial charge in [0.25, 0.3) is 0 Å². The average Bonchev–Trinajstić information content (AvgIpc) is 2.45. The molecule has 2 aromatic carbocycles. The van der Waals surface area contributed by atoms with Crippen molar-refractivity contribution < 1.29 is 17.5 Å². The fourth-order valence-electron chi connectivity index (χ4n) is 1.59. The van der Waals surface area contributed by atoms with Gasteiger partial charge in [0, 0.05) is 0 Å². The second kappa shape index (κ2) is 7.17. The number of anilines is 1. The van der Waals surface area contributed by atoms with Crippen LogP contribution in [0.2, 0.25) is 10.0 Å². The first-order chi connectivity index (χ1) is 10.4. The molecule has 0 aliphatic rings. The Labute approximate surface area is 137 Å². The third-order valence-corrected chi connectivity index (χ3v) is 4.62. The van der Waals surface area contributed by atoms with Gasteiger partial charge >= 0.3 is 0 Å². The topological polar surface area (TPSA) is 55.4 Å². The Hall–Kier alpha value is -1.50. The van der Waals surface area contributed by atoms with Crippen molar-refractivity contribution in [2.45, 2.75) is 0 Å². The minimum Gasteiger partial charge on any atom is -0.492 e. The molecular weight excluding hydrogens is 352 g/mol. The van der Waals surface area contributed by atoms with Crippen LogP contribution in [-0.2, 0) is 10.0 Å². The third-order valence-electron chi connectivity index (χ3n) is 2.63. The highest BCUT2D eigenvalue weighted by Gasteiger charge is 2.12. The molecule has 2 aromatic rings. The second-order valence-corrected chi connectivity index (χ2v) is 7.01. The summed E-state index contributed by atoms with van der Waals surface area (Å²) in [5.41, 5.74) is 0.316. The monoisotopic (exact) mass is 363 g/mol. The standard InChI is InChI=1S/C14H12Cl2FNO3S/c15-13-6-3-11(9-14(13)16)18-22(19,20)8-7-21-12-4-1-10(17)2-5-12/h1-6,9,18H,7-8H2. The SMILES string of the molecule is O=S(=O)(CCOc1ccc(F)cc1)Nc1ccc(Cl)c(Cl)c1. The summed E-state index contributed by atoms with van der Waals surface area (Å²) < 4.78 is 44.2. The molecule has 4 nitrogen and oxygen atoms in total. The number of rotatable bonds is 6. The van der Waals surface area contributed by atoms with E-state index in [2.05, 4.69) is 4.72 Å². The van der Waals surface area contributed by atoms with Crippen molar-refractivity contribution in [3.63, 3.8) is 0 Å². The fraction of sp³-hybridized carbons (Fsp3) is 0.143. The summed E-state index contributed by atoms with van der Waals surface area (Å²) in [5, 5.41) is 0.591. The molecule has 1 N–H and O–H groups in total. The lowest BCUT2D eigenvalue weighted by molar-refractivity contribution is 0.340. The summed E-state index contributed by atoms with van der Waals surface area (Å²) >= 11 is 11.6. The van der Waals surface area contributed by atoms with Crippen LogP contribution in [-0.4, -0.2) is 20.8 Å². The maximum absolute atomic E-state index is 12.7. The van der Waals surface area contributed by atoms with E-state index in [-0.39, 0.29) is 23.2 Å². The zero-order valence-corrected chi connectivity index (χ0v) is 13.6. The van der Waals surface area contributed by atoms with Gasteiger partial charge in [0.2, 0.25) is 10.0 Å². The Kier molecular flexibility index (Phi) is 5.50. The van der Waals surface area contributed by atoms with Crippen molar-refractivity contribution in [3.05, 3.63) is 58.3 Å². The van der Waals surface area contributed by atoms with Crippen molar-refractivity contribution in [2.24, 2.45) is 0 Å². The molecular formula is C14H12Cl2FNO3S. The first-order valence-corrected chi connectivity index (χ1v) is 8.60. The first-order valence-electron chi connectivity index (χ1n) is 6.20. The highest BCUT2D eigenvalue weighted by Crippen LogP contribution is 2.25. The Balaban J connectivity index is 1.90. The van der Waals surface area contributed by atoms with Crippen LogP contribution >= 0.6 is 23.2 Å². The molecule has 118 valence electrons. The van der Waals surface area contributed by atoms with E-state index < -0.39 is 10.0 Å². The van der Waals surface area contributed by atoms with Gasteiger partial charge in [0.05, 0.1) is 15.7 Å². The molecule has 8 heteroatoms. The molecule has 0 amide bonds. The molecule has 0 aliphatic carbocycles. The van der Waals surface area contributed by atoms with E-state index >= 15 is 0 Å². The summed E-state index contributed by atoms with van der Waals surface area (Å²) in [4.78, 5) is 0. The lowest BCUT2D eigenvalue weighted by Crippen LogP contribution is -2.21. The van der Waals surface area contributed by atoms with Gasteiger partial charge in [-0.1, -0.05) is 23.2 Å². The minimum absolute atomic E-state index is 0.0672. The summed E-state index contributed by atoms with van der Waals surface area (Å²) in [5.74, 6) is -0.252. The van der Waals surface area contributed by atoms with Crippen LogP contribution in [0.25, 0.3) is 0 Å². The molecule has 0 atom stereocenters. The van der Waals surface area contributed by atoms with Gasteiger partial charge in [-0.05, 0) is 42.5 Å². The van der Waals surface area contributed by atoms with Gasteiger partial charge in [-0.15, -0.1) is 0 Å². The van der Waals surface area contributed by atoms with Crippen LogP contribution in [0, 0.1) is 5.82 Å². The van der Waals surface area contributed by atoms with Gasteiger partial charge in [-0.2, -0.15) is 0 Å². The lowest BCUT2D eigenvalue weighted by Gasteiger charge is -2.10. The normalized spacial score (nSPS) is 11.2. The van der Waals surface area contributed by atoms with Gasteiger partial charge in [-0.25, -0.2) is 12.8 Å². The maximum Gasteiger partial charge on any atom is 0.236 e. The first kappa shape index (κ1) is 16.9. The molecule has 22 heavy (non-hydrogen) atoms.